The topological polar surface area (TPSA) is 88.8 Å². The van der Waals surface area contributed by atoms with Crippen molar-refractivity contribution in [2.24, 2.45) is 0 Å². The summed E-state index contributed by atoms with van der Waals surface area (Å²) in [6.07, 6.45) is 2.20. The predicted molar refractivity (Wildman–Crippen MR) is 98.1 cm³/mol. The average Bonchev–Trinajstić information content (AvgIpc) is 3.47. The molecule has 27 heavy (non-hydrogen) atoms. The number of nitrogens with zero attached hydrogens (tertiary/aromatic N) is 4. The quantitative estimate of drug-likeness (QED) is 0.770. The highest BCUT2D eigenvalue weighted by Gasteiger charge is 2.31. The van der Waals surface area contributed by atoms with Crippen LogP contribution in [0, 0.1) is 0 Å². The minimum atomic E-state index is -0.290. The van der Waals surface area contributed by atoms with Crippen LogP contribution in [0.25, 0.3) is 11.5 Å². The van der Waals surface area contributed by atoms with E-state index in [-0.39, 0.29) is 17.9 Å². The Bertz CT molecular complexity index is 777. The first kappa shape index (κ1) is 18.1. The molecule has 0 spiro atoms. The zero-order chi connectivity index (χ0) is 18.6. The zero-order valence-electron chi connectivity index (χ0n) is 15.0. The Morgan fingerprint density at radius 1 is 1.19 bits per heavy atom. The number of thiophene rings is 1. The number of carbonyl (C=O) groups excluding carboxylic acids is 2. The summed E-state index contributed by atoms with van der Waals surface area (Å²) in [6, 6.07) is 1.92. The molecule has 8 nitrogen and oxygen atoms in total. The van der Waals surface area contributed by atoms with Gasteiger partial charge in [-0.3, -0.25) is 9.59 Å². The van der Waals surface area contributed by atoms with E-state index in [4.69, 9.17) is 9.15 Å². The molecule has 2 aliphatic rings. The highest BCUT2D eigenvalue weighted by molar-refractivity contribution is 7.08. The number of aryl methyl sites for hydroxylation is 1. The molecule has 2 aromatic rings. The molecule has 0 N–H and O–H groups in total. The first-order valence-corrected chi connectivity index (χ1v) is 10.2. The van der Waals surface area contributed by atoms with Gasteiger partial charge in [0.1, 0.15) is 6.10 Å². The second-order valence-corrected chi connectivity index (χ2v) is 7.50. The Morgan fingerprint density at radius 3 is 2.70 bits per heavy atom. The summed E-state index contributed by atoms with van der Waals surface area (Å²) in [5, 5.41) is 11.9. The summed E-state index contributed by atoms with van der Waals surface area (Å²) < 4.78 is 11.1. The Kier molecular flexibility index (Phi) is 5.49. The van der Waals surface area contributed by atoms with E-state index in [2.05, 4.69) is 10.2 Å². The second kappa shape index (κ2) is 8.18. The first-order valence-electron chi connectivity index (χ1n) is 9.24. The SMILES string of the molecule is O=C(CCc1nnc(-c2ccsc2)o1)N1CCN(C(=O)C2CCCO2)CC1. The lowest BCUT2D eigenvalue weighted by Gasteiger charge is -2.35. The Morgan fingerprint density at radius 2 is 2.00 bits per heavy atom. The summed E-state index contributed by atoms with van der Waals surface area (Å²) in [5.41, 5.74) is 0.900. The van der Waals surface area contributed by atoms with Crippen LogP contribution in [0.2, 0.25) is 0 Å². The Balaban J connectivity index is 1.23. The van der Waals surface area contributed by atoms with Crippen molar-refractivity contribution in [1.29, 1.82) is 0 Å². The van der Waals surface area contributed by atoms with Gasteiger partial charge in [0.05, 0.1) is 0 Å². The van der Waals surface area contributed by atoms with E-state index in [1.807, 2.05) is 21.7 Å². The second-order valence-electron chi connectivity index (χ2n) is 6.72. The molecule has 0 aromatic carbocycles. The number of piperazine rings is 1. The molecule has 0 bridgehead atoms. The summed E-state index contributed by atoms with van der Waals surface area (Å²) in [7, 11) is 0. The molecule has 2 amide bonds. The van der Waals surface area contributed by atoms with Crippen LogP contribution < -0.4 is 0 Å². The molecule has 0 aliphatic carbocycles. The van der Waals surface area contributed by atoms with Crippen LogP contribution in [-0.4, -0.2) is 70.7 Å². The molecule has 4 rings (SSSR count). The fourth-order valence-corrected chi connectivity index (χ4v) is 4.01. The lowest BCUT2D eigenvalue weighted by molar-refractivity contribution is -0.146. The van der Waals surface area contributed by atoms with Crippen molar-refractivity contribution in [3.8, 4) is 11.5 Å². The van der Waals surface area contributed by atoms with E-state index >= 15 is 0 Å². The predicted octanol–water partition coefficient (Wildman–Crippen LogP) is 1.58. The van der Waals surface area contributed by atoms with Crippen molar-refractivity contribution in [2.75, 3.05) is 32.8 Å². The van der Waals surface area contributed by atoms with Crippen LogP contribution >= 0.6 is 11.3 Å². The van der Waals surface area contributed by atoms with E-state index in [1.165, 1.54) is 0 Å². The molecule has 1 unspecified atom stereocenters. The van der Waals surface area contributed by atoms with Gasteiger partial charge in [0, 0.05) is 56.6 Å². The number of carbonyl (C=O) groups is 2. The van der Waals surface area contributed by atoms with Gasteiger partial charge in [-0.2, -0.15) is 11.3 Å². The van der Waals surface area contributed by atoms with Crippen LogP contribution in [0.15, 0.2) is 21.2 Å². The molecule has 2 aromatic heterocycles. The molecule has 2 fully saturated rings. The minimum Gasteiger partial charge on any atom is -0.421 e. The van der Waals surface area contributed by atoms with Gasteiger partial charge in [-0.1, -0.05) is 0 Å². The third kappa shape index (κ3) is 4.19. The molecule has 2 aliphatic heterocycles. The molecule has 0 saturated carbocycles. The van der Waals surface area contributed by atoms with Crippen LogP contribution in [0.4, 0.5) is 0 Å². The summed E-state index contributed by atoms with van der Waals surface area (Å²) >= 11 is 1.57. The van der Waals surface area contributed by atoms with Gasteiger partial charge >= 0.3 is 0 Å². The highest BCUT2D eigenvalue weighted by Crippen LogP contribution is 2.21. The number of amides is 2. The minimum absolute atomic E-state index is 0.0505. The maximum absolute atomic E-state index is 12.4. The molecule has 2 saturated heterocycles. The Hall–Kier alpha value is -2.26. The van der Waals surface area contributed by atoms with Gasteiger partial charge < -0.3 is 19.0 Å². The maximum atomic E-state index is 12.4. The fourth-order valence-electron chi connectivity index (χ4n) is 3.38. The molecule has 4 heterocycles. The molecule has 9 heteroatoms. The van der Waals surface area contributed by atoms with Gasteiger partial charge in [0.2, 0.25) is 17.7 Å². The monoisotopic (exact) mass is 390 g/mol. The number of aromatic nitrogens is 2. The lowest BCUT2D eigenvalue weighted by atomic mass is 10.2. The summed E-state index contributed by atoms with van der Waals surface area (Å²) in [6.45, 7) is 2.90. The molecule has 0 radical (unpaired) electrons. The lowest BCUT2D eigenvalue weighted by Crippen LogP contribution is -2.52. The van der Waals surface area contributed by atoms with Gasteiger partial charge in [0.25, 0.3) is 5.91 Å². The van der Waals surface area contributed by atoms with Crippen molar-refractivity contribution in [1.82, 2.24) is 20.0 Å². The number of rotatable bonds is 5. The van der Waals surface area contributed by atoms with Gasteiger partial charge in [0.15, 0.2) is 0 Å². The van der Waals surface area contributed by atoms with Crippen LogP contribution in [0.3, 0.4) is 0 Å². The highest BCUT2D eigenvalue weighted by atomic mass is 32.1. The number of hydrogen-bond acceptors (Lipinski definition) is 7. The molecule has 144 valence electrons. The third-order valence-electron chi connectivity index (χ3n) is 4.94. The molecular formula is C18H22N4O4S. The Labute approximate surface area is 161 Å². The summed E-state index contributed by atoms with van der Waals surface area (Å²) in [4.78, 5) is 28.4. The van der Waals surface area contributed by atoms with Gasteiger partial charge in [-0.15, -0.1) is 10.2 Å². The summed E-state index contributed by atoms with van der Waals surface area (Å²) in [5.74, 6) is 1.07. The first-order chi connectivity index (χ1) is 13.2. The normalized spacial score (nSPS) is 20.2. The molecule has 1 atom stereocenters. The smallest absolute Gasteiger partial charge is 0.251 e. The van der Waals surface area contributed by atoms with Crippen molar-refractivity contribution in [3.05, 3.63) is 22.7 Å². The van der Waals surface area contributed by atoms with Crippen molar-refractivity contribution < 1.29 is 18.7 Å². The molecular weight excluding hydrogens is 368 g/mol. The number of ether oxygens (including phenoxy) is 1. The van der Waals surface area contributed by atoms with Crippen LogP contribution in [0.5, 0.6) is 0 Å². The average molecular weight is 390 g/mol. The number of hydrogen-bond donors (Lipinski definition) is 0. The third-order valence-corrected chi connectivity index (χ3v) is 5.62. The zero-order valence-corrected chi connectivity index (χ0v) is 15.8. The van der Waals surface area contributed by atoms with Crippen LogP contribution in [0.1, 0.15) is 25.2 Å². The largest absolute Gasteiger partial charge is 0.421 e. The van der Waals surface area contributed by atoms with Crippen LogP contribution in [-0.2, 0) is 20.7 Å². The van der Waals surface area contributed by atoms with Crippen molar-refractivity contribution >= 4 is 23.2 Å². The standard InChI is InChI=1S/C18H22N4O4S/c23-16(4-3-15-19-20-17(26-15)13-5-11-27-12-13)21-6-8-22(9-7-21)18(24)14-2-1-10-25-14/h5,11-12,14H,1-4,6-10H2. The maximum Gasteiger partial charge on any atom is 0.251 e. The van der Waals surface area contributed by atoms with Crippen molar-refractivity contribution in [3.63, 3.8) is 0 Å². The van der Waals surface area contributed by atoms with E-state index in [1.54, 1.807) is 16.2 Å². The fraction of sp³-hybridized carbons (Fsp3) is 0.556. The van der Waals surface area contributed by atoms with Gasteiger partial charge in [-0.25, -0.2) is 0 Å². The van der Waals surface area contributed by atoms with E-state index < -0.39 is 0 Å². The van der Waals surface area contributed by atoms with Gasteiger partial charge in [-0.05, 0) is 24.3 Å². The van der Waals surface area contributed by atoms with Crippen molar-refractivity contribution in [2.45, 2.75) is 31.8 Å². The van der Waals surface area contributed by atoms with E-state index in [0.717, 1.165) is 18.4 Å². The van der Waals surface area contributed by atoms with E-state index in [0.29, 0.717) is 57.4 Å². The van der Waals surface area contributed by atoms with E-state index in [9.17, 15) is 9.59 Å².